The third-order valence-electron chi connectivity index (χ3n) is 3.15. The molecule has 2 aromatic rings. The lowest BCUT2D eigenvalue weighted by Gasteiger charge is -2.20. The number of rotatable bonds is 1. The molecule has 4 heteroatoms. The summed E-state index contributed by atoms with van der Waals surface area (Å²) in [5.41, 5.74) is 3.34. The van der Waals surface area contributed by atoms with Crippen molar-refractivity contribution < 1.29 is 4.74 Å². The Labute approximate surface area is 108 Å². The summed E-state index contributed by atoms with van der Waals surface area (Å²) in [7, 11) is 1.73. The zero-order valence-corrected chi connectivity index (χ0v) is 11.2. The quantitative estimate of drug-likeness (QED) is 0.877. The van der Waals surface area contributed by atoms with Crippen molar-refractivity contribution in [3.8, 4) is 5.75 Å². The van der Waals surface area contributed by atoms with Crippen molar-refractivity contribution in [3.63, 3.8) is 0 Å². The molecule has 1 aliphatic rings. The Kier molecular flexibility index (Phi) is 2.76. The topological polar surface area (TPSA) is 34.1 Å². The molecule has 17 heavy (non-hydrogen) atoms. The predicted molar refractivity (Wildman–Crippen MR) is 71.4 cm³/mol. The summed E-state index contributed by atoms with van der Waals surface area (Å²) < 4.78 is 6.60. The molecule has 3 rings (SSSR count). The molecule has 0 radical (unpaired) electrons. The van der Waals surface area contributed by atoms with Crippen LogP contribution in [0.15, 0.2) is 22.7 Å². The van der Waals surface area contributed by atoms with Crippen LogP contribution >= 0.6 is 15.9 Å². The van der Waals surface area contributed by atoms with Crippen molar-refractivity contribution in [2.75, 3.05) is 13.7 Å². The minimum absolute atomic E-state index is 0.841. The second kappa shape index (κ2) is 4.27. The highest BCUT2D eigenvalue weighted by Crippen LogP contribution is 2.35. The third kappa shape index (κ3) is 1.72. The van der Waals surface area contributed by atoms with E-state index in [1.165, 1.54) is 5.56 Å². The van der Waals surface area contributed by atoms with E-state index in [0.717, 1.165) is 46.3 Å². The summed E-state index contributed by atoms with van der Waals surface area (Å²) >= 11 is 3.55. The van der Waals surface area contributed by atoms with Gasteiger partial charge in [0.25, 0.3) is 0 Å². The van der Waals surface area contributed by atoms with Crippen molar-refractivity contribution in [3.05, 3.63) is 33.9 Å². The number of halogens is 1. The summed E-state index contributed by atoms with van der Waals surface area (Å²) in [5, 5.41) is 4.44. The van der Waals surface area contributed by atoms with Crippen LogP contribution in [-0.4, -0.2) is 18.6 Å². The smallest absolute Gasteiger partial charge is 0.134 e. The van der Waals surface area contributed by atoms with Crippen LogP contribution in [0.2, 0.25) is 0 Å². The molecule has 0 saturated carbocycles. The van der Waals surface area contributed by atoms with E-state index in [1.54, 1.807) is 7.11 Å². The van der Waals surface area contributed by atoms with E-state index in [2.05, 4.69) is 27.3 Å². The van der Waals surface area contributed by atoms with Gasteiger partial charge in [-0.1, -0.05) is 6.07 Å². The second-order valence-electron chi connectivity index (χ2n) is 4.13. The molecule has 0 saturated heterocycles. The van der Waals surface area contributed by atoms with Gasteiger partial charge in [-0.05, 0) is 28.1 Å². The van der Waals surface area contributed by atoms with Crippen LogP contribution in [0.1, 0.15) is 11.3 Å². The van der Waals surface area contributed by atoms with Crippen LogP contribution in [0.25, 0.3) is 10.9 Å². The molecule has 0 bridgehead atoms. The fourth-order valence-corrected chi connectivity index (χ4v) is 2.81. The second-order valence-corrected chi connectivity index (χ2v) is 4.99. The van der Waals surface area contributed by atoms with Gasteiger partial charge in [0.2, 0.25) is 0 Å². The number of nitrogens with one attached hydrogen (secondary N) is 1. The first-order valence-electron chi connectivity index (χ1n) is 5.66. The maximum atomic E-state index is 5.58. The largest absolute Gasteiger partial charge is 0.496 e. The molecule has 1 N–H and O–H groups in total. The lowest BCUT2D eigenvalue weighted by molar-refractivity contribution is 0.409. The average molecular weight is 293 g/mol. The number of pyridine rings is 1. The highest BCUT2D eigenvalue weighted by Gasteiger charge is 2.19. The first kappa shape index (κ1) is 11.0. The molecule has 0 atom stereocenters. The molecule has 88 valence electrons. The Bertz CT molecular complexity index is 583. The Balaban J connectivity index is 2.39. The highest BCUT2D eigenvalue weighted by molar-refractivity contribution is 9.10. The summed E-state index contributed by atoms with van der Waals surface area (Å²) in [6, 6.07) is 6.09. The Morgan fingerprint density at radius 1 is 1.41 bits per heavy atom. The minimum atomic E-state index is 0.841. The number of benzene rings is 1. The minimum Gasteiger partial charge on any atom is -0.496 e. The summed E-state index contributed by atoms with van der Waals surface area (Å²) in [4.78, 5) is 4.76. The number of methoxy groups -OCH3 is 1. The standard InChI is InChI=1S/C13H13BrN2O/c1-17-13-8-3-2-4-10(14)12(8)16-11-5-6-15-7-9(11)13/h2-4,15H,5-7H2,1H3. The van der Waals surface area contributed by atoms with Crippen LogP contribution in [0.5, 0.6) is 5.75 Å². The van der Waals surface area contributed by atoms with E-state index < -0.39 is 0 Å². The SMILES string of the molecule is COc1c2c(nc3c(Br)cccc13)CCNC2. The molecule has 0 amide bonds. The van der Waals surface area contributed by atoms with Crippen molar-refractivity contribution in [1.82, 2.24) is 10.3 Å². The molecule has 3 nitrogen and oxygen atoms in total. The van der Waals surface area contributed by atoms with E-state index in [9.17, 15) is 0 Å². The molecule has 0 aliphatic carbocycles. The van der Waals surface area contributed by atoms with Crippen molar-refractivity contribution >= 4 is 26.8 Å². The highest BCUT2D eigenvalue weighted by atomic mass is 79.9. The maximum Gasteiger partial charge on any atom is 0.134 e. The molecule has 1 aromatic heterocycles. The van der Waals surface area contributed by atoms with Gasteiger partial charge in [0.1, 0.15) is 5.75 Å². The zero-order chi connectivity index (χ0) is 11.8. The Morgan fingerprint density at radius 2 is 2.29 bits per heavy atom. The predicted octanol–water partition coefficient (Wildman–Crippen LogP) is 2.65. The number of para-hydroxylation sites is 1. The average Bonchev–Trinajstić information content (AvgIpc) is 2.37. The van der Waals surface area contributed by atoms with Crippen LogP contribution in [0.3, 0.4) is 0 Å². The Hall–Kier alpha value is -1.13. The lowest BCUT2D eigenvalue weighted by atomic mass is 10.0. The molecule has 0 unspecified atom stereocenters. The monoisotopic (exact) mass is 292 g/mol. The number of fused-ring (bicyclic) bond motifs is 2. The molecule has 0 spiro atoms. The van der Waals surface area contributed by atoms with Gasteiger partial charge in [0.15, 0.2) is 0 Å². The summed E-state index contributed by atoms with van der Waals surface area (Å²) in [6.45, 7) is 1.83. The number of hydrogen-bond acceptors (Lipinski definition) is 3. The van der Waals surface area contributed by atoms with E-state index in [1.807, 2.05) is 12.1 Å². The van der Waals surface area contributed by atoms with Gasteiger partial charge < -0.3 is 10.1 Å². The van der Waals surface area contributed by atoms with Crippen molar-refractivity contribution in [2.24, 2.45) is 0 Å². The van der Waals surface area contributed by atoms with Gasteiger partial charge in [-0.25, -0.2) is 0 Å². The maximum absolute atomic E-state index is 5.58. The fraction of sp³-hybridized carbons (Fsp3) is 0.308. The van der Waals surface area contributed by atoms with Crippen LogP contribution in [0.4, 0.5) is 0 Å². The number of aromatic nitrogens is 1. The molecule has 2 heterocycles. The van der Waals surface area contributed by atoms with Gasteiger partial charge >= 0.3 is 0 Å². The van der Waals surface area contributed by atoms with Crippen molar-refractivity contribution in [2.45, 2.75) is 13.0 Å². The summed E-state index contributed by atoms with van der Waals surface area (Å²) in [5.74, 6) is 0.957. The normalized spacial score (nSPS) is 14.7. The Morgan fingerprint density at radius 3 is 3.12 bits per heavy atom. The van der Waals surface area contributed by atoms with Gasteiger partial charge in [-0.2, -0.15) is 0 Å². The van der Waals surface area contributed by atoms with Gasteiger partial charge in [-0.3, -0.25) is 4.98 Å². The molecular formula is C13H13BrN2O. The van der Waals surface area contributed by atoms with E-state index in [0.29, 0.717) is 0 Å². The van der Waals surface area contributed by atoms with Crippen LogP contribution in [-0.2, 0) is 13.0 Å². The van der Waals surface area contributed by atoms with Gasteiger partial charge in [0, 0.05) is 34.9 Å². The zero-order valence-electron chi connectivity index (χ0n) is 9.59. The number of hydrogen-bond donors (Lipinski definition) is 1. The van der Waals surface area contributed by atoms with E-state index in [-0.39, 0.29) is 0 Å². The number of ether oxygens (including phenoxy) is 1. The molecular weight excluding hydrogens is 280 g/mol. The van der Waals surface area contributed by atoms with Crippen LogP contribution < -0.4 is 10.1 Å². The van der Waals surface area contributed by atoms with Gasteiger partial charge in [-0.15, -0.1) is 0 Å². The first-order chi connectivity index (χ1) is 8.31. The molecule has 0 fully saturated rings. The van der Waals surface area contributed by atoms with Crippen molar-refractivity contribution in [1.29, 1.82) is 0 Å². The third-order valence-corrected chi connectivity index (χ3v) is 3.78. The number of nitrogens with zero attached hydrogens (tertiary/aromatic N) is 1. The van der Waals surface area contributed by atoms with E-state index >= 15 is 0 Å². The fourth-order valence-electron chi connectivity index (χ4n) is 2.35. The van der Waals surface area contributed by atoms with Gasteiger partial charge in [0.05, 0.1) is 18.3 Å². The van der Waals surface area contributed by atoms with Crippen LogP contribution in [0, 0.1) is 0 Å². The lowest BCUT2D eigenvalue weighted by Crippen LogP contribution is -2.25. The molecule has 1 aliphatic heterocycles. The summed E-state index contributed by atoms with van der Waals surface area (Å²) in [6.07, 6.45) is 0.961. The molecule has 1 aromatic carbocycles. The first-order valence-corrected chi connectivity index (χ1v) is 6.45. The van der Waals surface area contributed by atoms with E-state index in [4.69, 9.17) is 9.72 Å².